The van der Waals surface area contributed by atoms with Gasteiger partial charge in [0.05, 0.1) is 13.2 Å². The summed E-state index contributed by atoms with van der Waals surface area (Å²) in [6.45, 7) is 0.420. The van der Waals surface area contributed by atoms with Gasteiger partial charge in [-0.1, -0.05) is 42.5 Å². The van der Waals surface area contributed by atoms with Gasteiger partial charge in [0, 0.05) is 0 Å². The predicted molar refractivity (Wildman–Crippen MR) is 66.8 cm³/mol. The van der Waals surface area contributed by atoms with Crippen molar-refractivity contribution in [2.45, 2.75) is 13.2 Å². The Morgan fingerprint density at radius 1 is 1.06 bits per heavy atom. The van der Waals surface area contributed by atoms with E-state index in [0.717, 1.165) is 22.3 Å². The van der Waals surface area contributed by atoms with E-state index in [1.54, 1.807) is 0 Å². The van der Waals surface area contributed by atoms with Crippen LogP contribution >= 0.6 is 0 Å². The second kappa shape index (κ2) is 5.59. The van der Waals surface area contributed by atoms with Gasteiger partial charge in [0.2, 0.25) is 0 Å². The topological polar surface area (TPSA) is 55.5 Å². The maximum atomic E-state index is 9.14. The van der Waals surface area contributed by atoms with E-state index in [9.17, 15) is 0 Å². The standard InChI is InChI=1S/C14H15NO2/c15-17-10-13-5-1-2-7-14(13)12-6-3-4-11(8-12)9-16/h1-8,16H,9-10,15H2. The van der Waals surface area contributed by atoms with Gasteiger partial charge >= 0.3 is 0 Å². The van der Waals surface area contributed by atoms with Crippen LogP contribution in [0.15, 0.2) is 48.5 Å². The Balaban J connectivity index is 2.44. The summed E-state index contributed by atoms with van der Waals surface area (Å²) in [7, 11) is 0. The number of hydrogen-bond acceptors (Lipinski definition) is 3. The highest BCUT2D eigenvalue weighted by molar-refractivity contribution is 5.67. The van der Waals surface area contributed by atoms with Gasteiger partial charge in [-0.3, -0.25) is 4.84 Å². The van der Waals surface area contributed by atoms with Crippen LogP contribution in [0.2, 0.25) is 0 Å². The van der Waals surface area contributed by atoms with E-state index in [1.807, 2.05) is 48.5 Å². The lowest BCUT2D eigenvalue weighted by atomic mass is 9.99. The molecule has 0 heterocycles. The summed E-state index contributed by atoms with van der Waals surface area (Å²) < 4.78 is 0. The Bertz CT molecular complexity index is 497. The van der Waals surface area contributed by atoms with Gasteiger partial charge in [-0.2, -0.15) is 0 Å². The third-order valence-electron chi connectivity index (χ3n) is 2.68. The minimum absolute atomic E-state index is 0.0450. The molecular weight excluding hydrogens is 214 g/mol. The molecule has 0 fully saturated rings. The van der Waals surface area contributed by atoms with Crippen molar-refractivity contribution in [1.29, 1.82) is 0 Å². The maximum absolute atomic E-state index is 9.14. The molecule has 88 valence electrons. The first-order valence-corrected chi connectivity index (χ1v) is 5.45. The fourth-order valence-electron chi connectivity index (χ4n) is 1.85. The summed E-state index contributed by atoms with van der Waals surface area (Å²) in [5.41, 5.74) is 4.06. The molecule has 17 heavy (non-hydrogen) atoms. The molecule has 0 amide bonds. The van der Waals surface area contributed by atoms with Crippen molar-refractivity contribution in [3.63, 3.8) is 0 Å². The molecule has 0 spiro atoms. The van der Waals surface area contributed by atoms with Crippen LogP contribution in [0.1, 0.15) is 11.1 Å². The highest BCUT2D eigenvalue weighted by atomic mass is 16.6. The van der Waals surface area contributed by atoms with Crippen LogP contribution in [0, 0.1) is 0 Å². The predicted octanol–water partition coefficient (Wildman–Crippen LogP) is 2.24. The molecule has 0 bridgehead atoms. The van der Waals surface area contributed by atoms with Crippen molar-refractivity contribution in [3.8, 4) is 11.1 Å². The zero-order valence-corrected chi connectivity index (χ0v) is 9.47. The molecular formula is C14H15NO2. The van der Waals surface area contributed by atoms with Gasteiger partial charge in [0.15, 0.2) is 0 Å². The van der Waals surface area contributed by atoms with E-state index in [-0.39, 0.29) is 6.61 Å². The molecule has 3 heteroatoms. The SMILES string of the molecule is NOCc1ccccc1-c1cccc(CO)c1. The van der Waals surface area contributed by atoms with Crippen molar-refractivity contribution in [1.82, 2.24) is 0 Å². The van der Waals surface area contributed by atoms with Crippen LogP contribution in [0.4, 0.5) is 0 Å². The van der Waals surface area contributed by atoms with Gasteiger partial charge in [0.25, 0.3) is 0 Å². The van der Waals surface area contributed by atoms with Crippen LogP contribution in [0.25, 0.3) is 11.1 Å². The minimum Gasteiger partial charge on any atom is -0.392 e. The first kappa shape index (κ1) is 11.8. The van der Waals surface area contributed by atoms with Crippen LogP contribution in [0.3, 0.4) is 0 Å². The molecule has 0 saturated carbocycles. The first-order chi connectivity index (χ1) is 8.35. The van der Waals surface area contributed by atoms with Crippen LogP contribution in [-0.4, -0.2) is 5.11 Å². The highest BCUT2D eigenvalue weighted by Gasteiger charge is 2.04. The zero-order valence-electron chi connectivity index (χ0n) is 9.47. The van der Waals surface area contributed by atoms with E-state index < -0.39 is 0 Å². The highest BCUT2D eigenvalue weighted by Crippen LogP contribution is 2.24. The maximum Gasteiger partial charge on any atom is 0.0936 e. The average Bonchev–Trinajstić information content (AvgIpc) is 2.40. The number of benzene rings is 2. The zero-order chi connectivity index (χ0) is 12.1. The second-order valence-corrected chi connectivity index (χ2v) is 3.83. The molecule has 2 aromatic carbocycles. The van der Waals surface area contributed by atoms with E-state index in [0.29, 0.717) is 6.61 Å². The second-order valence-electron chi connectivity index (χ2n) is 3.83. The molecule has 0 aliphatic heterocycles. The molecule has 0 aromatic heterocycles. The average molecular weight is 229 g/mol. The van der Waals surface area contributed by atoms with E-state index in [1.165, 1.54) is 0 Å². The summed E-state index contributed by atoms with van der Waals surface area (Å²) in [5, 5.41) is 9.14. The van der Waals surface area contributed by atoms with Gasteiger partial charge < -0.3 is 5.11 Å². The summed E-state index contributed by atoms with van der Waals surface area (Å²) in [5.74, 6) is 5.12. The molecule has 3 nitrogen and oxygen atoms in total. The van der Waals surface area contributed by atoms with Crippen LogP contribution in [0.5, 0.6) is 0 Å². The molecule has 2 aromatic rings. The fourth-order valence-corrected chi connectivity index (χ4v) is 1.85. The number of hydrogen-bond donors (Lipinski definition) is 2. The van der Waals surface area contributed by atoms with E-state index in [2.05, 4.69) is 0 Å². The van der Waals surface area contributed by atoms with Gasteiger partial charge in [-0.25, -0.2) is 5.90 Å². The van der Waals surface area contributed by atoms with Crippen molar-refractivity contribution in [2.75, 3.05) is 0 Å². The van der Waals surface area contributed by atoms with Crippen molar-refractivity contribution < 1.29 is 9.94 Å². The Morgan fingerprint density at radius 2 is 1.88 bits per heavy atom. The molecule has 3 N–H and O–H groups in total. The van der Waals surface area contributed by atoms with Crippen LogP contribution < -0.4 is 5.90 Å². The molecule has 0 saturated heterocycles. The van der Waals surface area contributed by atoms with Gasteiger partial charge in [0.1, 0.15) is 0 Å². The van der Waals surface area contributed by atoms with Crippen molar-refractivity contribution in [2.24, 2.45) is 5.90 Å². The normalized spacial score (nSPS) is 10.5. The summed E-state index contributed by atoms with van der Waals surface area (Å²) in [4.78, 5) is 4.70. The first-order valence-electron chi connectivity index (χ1n) is 5.45. The monoisotopic (exact) mass is 229 g/mol. The lowest BCUT2D eigenvalue weighted by Gasteiger charge is -2.09. The molecule has 0 unspecified atom stereocenters. The molecule has 0 atom stereocenters. The van der Waals surface area contributed by atoms with Crippen molar-refractivity contribution in [3.05, 3.63) is 59.7 Å². The lowest BCUT2D eigenvalue weighted by molar-refractivity contribution is 0.124. The lowest BCUT2D eigenvalue weighted by Crippen LogP contribution is -2.00. The summed E-state index contributed by atoms with van der Waals surface area (Å²) in [6, 6.07) is 15.7. The smallest absolute Gasteiger partial charge is 0.0936 e. The minimum atomic E-state index is 0.0450. The Labute approximate surface area is 100 Å². The van der Waals surface area contributed by atoms with Crippen molar-refractivity contribution >= 4 is 0 Å². The Hall–Kier alpha value is -1.68. The summed E-state index contributed by atoms with van der Waals surface area (Å²) >= 11 is 0. The summed E-state index contributed by atoms with van der Waals surface area (Å²) in [6.07, 6.45) is 0. The van der Waals surface area contributed by atoms with Gasteiger partial charge in [-0.15, -0.1) is 0 Å². The molecule has 0 radical (unpaired) electrons. The molecule has 0 aliphatic rings. The number of nitrogens with two attached hydrogens (primary N) is 1. The number of aliphatic hydroxyl groups excluding tert-OH is 1. The molecule has 2 rings (SSSR count). The van der Waals surface area contributed by atoms with Crippen LogP contribution in [-0.2, 0) is 18.1 Å². The quantitative estimate of drug-likeness (QED) is 0.790. The number of aliphatic hydroxyl groups is 1. The van der Waals surface area contributed by atoms with Gasteiger partial charge in [-0.05, 0) is 28.3 Å². The Morgan fingerprint density at radius 3 is 2.65 bits per heavy atom. The number of rotatable bonds is 4. The fraction of sp³-hybridized carbons (Fsp3) is 0.143. The third-order valence-corrected chi connectivity index (χ3v) is 2.68. The largest absolute Gasteiger partial charge is 0.392 e. The van der Waals surface area contributed by atoms with E-state index >= 15 is 0 Å². The Kier molecular flexibility index (Phi) is 3.88. The third kappa shape index (κ3) is 2.71. The molecule has 0 aliphatic carbocycles. The van der Waals surface area contributed by atoms with E-state index in [4.69, 9.17) is 15.8 Å².